The number of likely N-dealkylation sites (tertiary alicyclic amines) is 1. The second-order valence-corrected chi connectivity index (χ2v) is 8.68. The number of hydrogen-bond donors (Lipinski definition) is 1. The van der Waals surface area contributed by atoms with E-state index in [-0.39, 0.29) is 18.2 Å². The Morgan fingerprint density at radius 1 is 1.13 bits per heavy atom. The van der Waals surface area contributed by atoms with Crippen molar-refractivity contribution in [2.45, 2.75) is 32.2 Å². The van der Waals surface area contributed by atoms with Crippen molar-refractivity contribution in [1.29, 1.82) is 0 Å². The van der Waals surface area contributed by atoms with E-state index in [9.17, 15) is 9.59 Å². The molecule has 2 heterocycles. The monoisotopic (exact) mass is 441 g/mol. The minimum absolute atomic E-state index is 0.113. The minimum atomic E-state index is -0.427. The van der Waals surface area contributed by atoms with Crippen LogP contribution in [0.15, 0.2) is 42.5 Å². The summed E-state index contributed by atoms with van der Waals surface area (Å²) in [5.41, 5.74) is 2.59. The van der Waals surface area contributed by atoms with Crippen LogP contribution < -0.4 is 15.0 Å². The molecule has 1 N–H and O–H groups in total. The summed E-state index contributed by atoms with van der Waals surface area (Å²) in [6.07, 6.45) is 4.03. The third-order valence-electron chi connectivity index (χ3n) is 6.00. The molecule has 2 aliphatic heterocycles. The van der Waals surface area contributed by atoms with Crippen LogP contribution in [0.5, 0.6) is 5.75 Å². The normalized spacial score (nSPS) is 19.5. The molecule has 0 aliphatic carbocycles. The van der Waals surface area contributed by atoms with E-state index in [2.05, 4.69) is 22.3 Å². The van der Waals surface area contributed by atoms with Crippen LogP contribution in [0, 0.1) is 5.92 Å². The Bertz CT molecular complexity index is 942. The number of piperidine rings is 1. The van der Waals surface area contributed by atoms with Gasteiger partial charge in [0.05, 0.1) is 18.7 Å². The lowest BCUT2D eigenvalue weighted by Crippen LogP contribution is -2.29. The number of carbonyl (C=O) groups is 2. The van der Waals surface area contributed by atoms with Crippen molar-refractivity contribution in [2.24, 2.45) is 5.92 Å². The van der Waals surface area contributed by atoms with Crippen LogP contribution in [0.1, 0.15) is 31.2 Å². The second kappa shape index (κ2) is 9.71. The van der Waals surface area contributed by atoms with Gasteiger partial charge >= 0.3 is 0 Å². The summed E-state index contributed by atoms with van der Waals surface area (Å²) in [4.78, 5) is 29.5. The first kappa shape index (κ1) is 21.7. The molecule has 2 fully saturated rings. The standard InChI is InChI=1S/C24H28ClN3O3/c1-31-22-10-7-19(25)14-21(22)28-16-18(13-23(28)29)24(30)26-20-8-5-17(6-9-20)15-27-11-3-2-4-12-27/h5-10,14,18H,2-4,11-13,15-16H2,1H3,(H,26,30). The largest absolute Gasteiger partial charge is 0.495 e. The Kier molecular flexibility index (Phi) is 6.78. The highest BCUT2D eigenvalue weighted by Crippen LogP contribution is 2.35. The maximum Gasteiger partial charge on any atom is 0.229 e. The molecule has 6 nitrogen and oxygen atoms in total. The third-order valence-corrected chi connectivity index (χ3v) is 6.24. The number of amides is 2. The molecule has 0 aromatic heterocycles. The molecule has 0 radical (unpaired) electrons. The summed E-state index contributed by atoms with van der Waals surface area (Å²) >= 11 is 6.10. The molecule has 31 heavy (non-hydrogen) atoms. The zero-order chi connectivity index (χ0) is 21.8. The van der Waals surface area contributed by atoms with Crippen LogP contribution in [0.2, 0.25) is 5.02 Å². The van der Waals surface area contributed by atoms with Crippen molar-refractivity contribution in [2.75, 3.05) is 37.0 Å². The van der Waals surface area contributed by atoms with Gasteiger partial charge < -0.3 is 15.0 Å². The first-order valence-electron chi connectivity index (χ1n) is 10.8. The fourth-order valence-corrected chi connectivity index (χ4v) is 4.47. The molecule has 7 heteroatoms. The van der Waals surface area contributed by atoms with Gasteiger partial charge in [-0.2, -0.15) is 0 Å². The minimum Gasteiger partial charge on any atom is -0.495 e. The Hall–Kier alpha value is -2.57. The van der Waals surface area contributed by atoms with Crippen molar-refractivity contribution in [1.82, 2.24) is 4.90 Å². The second-order valence-electron chi connectivity index (χ2n) is 8.24. The molecular formula is C24H28ClN3O3. The molecule has 2 amide bonds. The van der Waals surface area contributed by atoms with E-state index in [0.717, 1.165) is 25.3 Å². The number of hydrogen-bond acceptors (Lipinski definition) is 4. The molecule has 0 bridgehead atoms. The number of halogens is 1. The fraction of sp³-hybridized carbons (Fsp3) is 0.417. The van der Waals surface area contributed by atoms with Crippen molar-refractivity contribution in [3.8, 4) is 5.75 Å². The van der Waals surface area contributed by atoms with E-state index in [1.54, 1.807) is 30.2 Å². The highest BCUT2D eigenvalue weighted by molar-refractivity contribution is 6.31. The Labute approximate surface area is 188 Å². The Morgan fingerprint density at radius 3 is 2.58 bits per heavy atom. The van der Waals surface area contributed by atoms with Gasteiger partial charge in [-0.1, -0.05) is 30.2 Å². The van der Waals surface area contributed by atoms with E-state index >= 15 is 0 Å². The van der Waals surface area contributed by atoms with E-state index in [1.807, 2.05) is 12.1 Å². The smallest absolute Gasteiger partial charge is 0.229 e. The predicted molar refractivity (Wildman–Crippen MR) is 123 cm³/mol. The first-order chi connectivity index (χ1) is 15.0. The zero-order valence-electron chi connectivity index (χ0n) is 17.8. The SMILES string of the molecule is COc1ccc(Cl)cc1N1CC(C(=O)Nc2ccc(CN3CCCCC3)cc2)CC1=O. The van der Waals surface area contributed by atoms with Crippen LogP contribution in [-0.4, -0.2) is 43.5 Å². The van der Waals surface area contributed by atoms with Crippen molar-refractivity contribution >= 4 is 34.8 Å². The molecule has 2 saturated heterocycles. The summed E-state index contributed by atoms with van der Waals surface area (Å²) < 4.78 is 5.36. The summed E-state index contributed by atoms with van der Waals surface area (Å²) in [6, 6.07) is 13.1. The molecule has 164 valence electrons. The summed E-state index contributed by atoms with van der Waals surface area (Å²) in [6.45, 7) is 3.56. The zero-order valence-corrected chi connectivity index (χ0v) is 18.5. The molecule has 2 aliphatic rings. The van der Waals surface area contributed by atoms with Crippen LogP contribution in [0.25, 0.3) is 0 Å². The molecular weight excluding hydrogens is 414 g/mol. The van der Waals surface area contributed by atoms with Gasteiger partial charge in [-0.25, -0.2) is 0 Å². The number of benzene rings is 2. The molecule has 0 saturated carbocycles. The molecule has 1 atom stereocenters. The van der Waals surface area contributed by atoms with Gasteiger partial charge in [-0.05, 0) is 61.8 Å². The number of nitrogens with zero attached hydrogens (tertiary/aromatic N) is 2. The predicted octanol–water partition coefficient (Wildman–Crippen LogP) is 4.33. The Balaban J connectivity index is 1.37. The average molecular weight is 442 g/mol. The van der Waals surface area contributed by atoms with Gasteiger partial charge in [-0.3, -0.25) is 14.5 Å². The summed E-state index contributed by atoms with van der Waals surface area (Å²) in [5.74, 6) is -0.134. The Morgan fingerprint density at radius 2 is 1.87 bits per heavy atom. The molecule has 4 rings (SSSR count). The van der Waals surface area contributed by atoms with Gasteiger partial charge in [0.25, 0.3) is 0 Å². The number of ether oxygens (including phenoxy) is 1. The van der Waals surface area contributed by atoms with Crippen LogP contribution >= 0.6 is 11.6 Å². The lowest BCUT2D eigenvalue weighted by molar-refractivity contribution is -0.122. The molecule has 2 aromatic carbocycles. The molecule has 2 aromatic rings. The molecule has 1 unspecified atom stereocenters. The lowest BCUT2D eigenvalue weighted by Gasteiger charge is -2.26. The van der Waals surface area contributed by atoms with Crippen LogP contribution in [0.3, 0.4) is 0 Å². The maximum absolute atomic E-state index is 12.8. The summed E-state index contributed by atoms with van der Waals surface area (Å²) in [5, 5.41) is 3.47. The van der Waals surface area contributed by atoms with Crippen molar-refractivity contribution < 1.29 is 14.3 Å². The average Bonchev–Trinajstić information content (AvgIpc) is 3.17. The van der Waals surface area contributed by atoms with Crippen molar-refractivity contribution in [3.63, 3.8) is 0 Å². The maximum atomic E-state index is 12.8. The van der Waals surface area contributed by atoms with Gasteiger partial charge in [0.15, 0.2) is 0 Å². The fourth-order valence-electron chi connectivity index (χ4n) is 4.30. The first-order valence-corrected chi connectivity index (χ1v) is 11.2. The highest BCUT2D eigenvalue weighted by atomic mass is 35.5. The summed E-state index contributed by atoms with van der Waals surface area (Å²) in [7, 11) is 1.55. The van der Waals surface area contributed by atoms with Gasteiger partial charge in [0, 0.05) is 30.2 Å². The van der Waals surface area contributed by atoms with Gasteiger partial charge in [0.1, 0.15) is 5.75 Å². The van der Waals surface area contributed by atoms with E-state index in [0.29, 0.717) is 23.0 Å². The van der Waals surface area contributed by atoms with Gasteiger partial charge in [0.2, 0.25) is 11.8 Å². The number of anilines is 2. The van der Waals surface area contributed by atoms with Crippen LogP contribution in [0.4, 0.5) is 11.4 Å². The van der Waals surface area contributed by atoms with E-state index < -0.39 is 5.92 Å². The van der Waals surface area contributed by atoms with E-state index in [1.165, 1.54) is 24.8 Å². The number of rotatable bonds is 6. The van der Waals surface area contributed by atoms with Crippen molar-refractivity contribution in [3.05, 3.63) is 53.1 Å². The van der Waals surface area contributed by atoms with E-state index in [4.69, 9.17) is 16.3 Å². The quantitative estimate of drug-likeness (QED) is 0.724. The van der Waals surface area contributed by atoms with Crippen LogP contribution in [-0.2, 0) is 16.1 Å². The lowest BCUT2D eigenvalue weighted by atomic mass is 10.1. The number of methoxy groups -OCH3 is 1. The topological polar surface area (TPSA) is 61.9 Å². The number of carbonyl (C=O) groups excluding carboxylic acids is 2. The molecule has 0 spiro atoms. The highest BCUT2D eigenvalue weighted by Gasteiger charge is 2.36. The van der Waals surface area contributed by atoms with Gasteiger partial charge in [-0.15, -0.1) is 0 Å². The third kappa shape index (κ3) is 5.20. The number of nitrogens with one attached hydrogen (secondary N) is 1.